The molecular formula is C27H33N3O6. The van der Waals surface area contributed by atoms with Crippen LogP contribution < -0.4 is 19.5 Å². The zero-order chi connectivity index (χ0) is 25.7. The first-order valence-electron chi connectivity index (χ1n) is 12.2. The minimum Gasteiger partial charge on any atom is -0.493 e. The van der Waals surface area contributed by atoms with Crippen LogP contribution in [0.1, 0.15) is 53.2 Å². The highest BCUT2D eigenvalue weighted by Crippen LogP contribution is 2.42. The highest BCUT2D eigenvalue weighted by molar-refractivity contribution is 5.99. The molecule has 2 aliphatic heterocycles. The second-order valence-electron chi connectivity index (χ2n) is 8.96. The van der Waals surface area contributed by atoms with E-state index in [4.69, 9.17) is 14.2 Å². The third kappa shape index (κ3) is 5.24. The molecule has 0 aliphatic carbocycles. The number of hydrogen-bond donors (Lipinski definition) is 1. The van der Waals surface area contributed by atoms with Gasteiger partial charge in [-0.2, -0.15) is 0 Å². The summed E-state index contributed by atoms with van der Waals surface area (Å²) in [6, 6.07) is 10.5. The van der Waals surface area contributed by atoms with Crippen LogP contribution in [0.5, 0.6) is 17.2 Å². The van der Waals surface area contributed by atoms with Crippen molar-refractivity contribution >= 4 is 17.7 Å². The molecule has 1 atom stereocenters. The molecule has 2 aliphatic rings. The summed E-state index contributed by atoms with van der Waals surface area (Å²) in [5.41, 5.74) is 2.28. The average molecular weight is 496 g/mol. The van der Waals surface area contributed by atoms with Crippen LogP contribution in [-0.2, 0) is 16.1 Å². The first kappa shape index (κ1) is 25.3. The van der Waals surface area contributed by atoms with Crippen LogP contribution in [0.4, 0.5) is 0 Å². The molecule has 0 saturated carbocycles. The molecular weight excluding hydrogens is 462 g/mol. The van der Waals surface area contributed by atoms with Gasteiger partial charge in [0, 0.05) is 38.2 Å². The van der Waals surface area contributed by atoms with Crippen molar-refractivity contribution in [3.05, 3.63) is 53.1 Å². The highest BCUT2D eigenvalue weighted by atomic mass is 16.5. The summed E-state index contributed by atoms with van der Waals surface area (Å²) in [7, 11) is 4.59. The van der Waals surface area contributed by atoms with Gasteiger partial charge in [0.2, 0.25) is 17.6 Å². The number of rotatable bonds is 11. The number of nitrogens with zero attached hydrogens (tertiary/aromatic N) is 2. The molecule has 36 heavy (non-hydrogen) atoms. The molecule has 0 spiro atoms. The van der Waals surface area contributed by atoms with Gasteiger partial charge >= 0.3 is 0 Å². The Hall–Kier alpha value is -3.75. The number of amides is 3. The van der Waals surface area contributed by atoms with Gasteiger partial charge < -0.3 is 29.3 Å². The fourth-order valence-corrected chi connectivity index (χ4v) is 4.92. The van der Waals surface area contributed by atoms with E-state index in [-0.39, 0.29) is 24.1 Å². The smallest absolute Gasteiger partial charge is 0.255 e. The molecule has 0 bridgehead atoms. The van der Waals surface area contributed by atoms with Crippen molar-refractivity contribution in [2.45, 2.75) is 38.3 Å². The normalized spacial score (nSPS) is 15.6. The molecule has 1 fully saturated rings. The number of fused-ring (bicyclic) bond motifs is 1. The standard InChI is InChI=1S/C27H33N3O6/c1-34-22-14-19(15-23(35-2)26(22)36-3)21(30-17-18-8-4-5-9-20(18)27(30)33)16-24(31)28-11-7-13-29-12-6-10-25(29)32/h4-5,8-9,14-15,21H,6-7,10-13,16-17H2,1-3H3,(H,28,31)/t21-/m1/s1. The first-order valence-corrected chi connectivity index (χ1v) is 12.2. The lowest BCUT2D eigenvalue weighted by Gasteiger charge is -2.29. The summed E-state index contributed by atoms with van der Waals surface area (Å²) < 4.78 is 16.5. The van der Waals surface area contributed by atoms with Gasteiger partial charge in [0.1, 0.15) is 0 Å². The third-order valence-electron chi connectivity index (χ3n) is 6.77. The Kier molecular flexibility index (Phi) is 7.97. The zero-order valence-corrected chi connectivity index (χ0v) is 21.0. The Balaban J connectivity index is 1.54. The largest absolute Gasteiger partial charge is 0.493 e. The van der Waals surface area contributed by atoms with Gasteiger partial charge in [0.05, 0.1) is 33.8 Å². The van der Waals surface area contributed by atoms with Gasteiger partial charge in [0.15, 0.2) is 11.5 Å². The van der Waals surface area contributed by atoms with Crippen molar-refractivity contribution in [2.75, 3.05) is 41.0 Å². The van der Waals surface area contributed by atoms with E-state index in [0.29, 0.717) is 60.9 Å². The number of hydrogen-bond acceptors (Lipinski definition) is 6. The maximum absolute atomic E-state index is 13.3. The van der Waals surface area contributed by atoms with Crippen LogP contribution >= 0.6 is 0 Å². The number of carbonyl (C=O) groups is 3. The molecule has 9 nitrogen and oxygen atoms in total. The summed E-state index contributed by atoms with van der Waals surface area (Å²) >= 11 is 0. The first-order chi connectivity index (χ1) is 17.5. The Morgan fingerprint density at radius 3 is 2.39 bits per heavy atom. The number of methoxy groups -OCH3 is 3. The molecule has 1 N–H and O–H groups in total. The maximum Gasteiger partial charge on any atom is 0.255 e. The third-order valence-corrected chi connectivity index (χ3v) is 6.77. The van der Waals surface area contributed by atoms with Crippen molar-refractivity contribution in [1.29, 1.82) is 0 Å². The molecule has 2 aromatic rings. The molecule has 0 radical (unpaired) electrons. The SMILES string of the molecule is COc1cc([C@@H](CC(=O)NCCCN2CCCC2=O)N2Cc3ccccc3C2=O)cc(OC)c1OC. The van der Waals surface area contributed by atoms with Crippen LogP contribution in [0, 0.1) is 0 Å². The van der Waals surface area contributed by atoms with E-state index < -0.39 is 6.04 Å². The van der Waals surface area contributed by atoms with Crippen LogP contribution in [-0.4, -0.2) is 68.5 Å². The van der Waals surface area contributed by atoms with E-state index in [2.05, 4.69) is 5.32 Å². The van der Waals surface area contributed by atoms with Gasteiger partial charge in [0.25, 0.3) is 5.91 Å². The second kappa shape index (κ2) is 11.3. The van der Waals surface area contributed by atoms with E-state index in [0.717, 1.165) is 18.5 Å². The Bertz CT molecular complexity index is 1110. The fourth-order valence-electron chi connectivity index (χ4n) is 4.92. The molecule has 0 aromatic heterocycles. The van der Waals surface area contributed by atoms with Gasteiger partial charge in [-0.25, -0.2) is 0 Å². The summed E-state index contributed by atoms with van der Waals surface area (Å²) in [6.45, 7) is 2.28. The molecule has 2 aromatic carbocycles. The van der Waals surface area contributed by atoms with Gasteiger partial charge in [-0.3, -0.25) is 14.4 Å². The lowest BCUT2D eigenvalue weighted by molar-refractivity contribution is -0.127. The number of nitrogens with one attached hydrogen (secondary N) is 1. The van der Waals surface area contributed by atoms with Crippen LogP contribution in [0.3, 0.4) is 0 Å². The average Bonchev–Trinajstić information content (AvgIpc) is 3.46. The maximum atomic E-state index is 13.3. The van der Waals surface area contributed by atoms with E-state index in [9.17, 15) is 14.4 Å². The van der Waals surface area contributed by atoms with Gasteiger partial charge in [-0.1, -0.05) is 18.2 Å². The topological polar surface area (TPSA) is 97.4 Å². The van der Waals surface area contributed by atoms with Gasteiger partial charge in [-0.05, 0) is 42.2 Å². The quantitative estimate of drug-likeness (QED) is 0.482. The fraction of sp³-hybridized carbons (Fsp3) is 0.444. The minimum atomic E-state index is -0.543. The van der Waals surface area contributed by atoms with Crippen LogP contribution in [0.2, 0.25) is 0 Å². The Morgan fingerprint density at radius 2 is 1.78 bits per heavy atom. The second-order valence-corrected chi connectivity index (χ2v) is 8.96. The van der Waals surface area contributed by atoms with Crippen molar-refractivity contribution in [3.63, 3.8) is 0 Å². The molecule has 1 saturated heterocycles. The van der Waals surface area contributed by atoms with Crippen molar-refractivity contribution in [3.8, 4) is 17.2 Å². The number of carbonyl (C=O) groups excluding carboxylic acids is 3. The van der Waals surface area contributed by atoms with Crippen LogP contribution in [0.15, 0.2) is 36.4 Å². The zero-order valence-electron chi connectivity index (χ0n) is 21.0. The Morgan fingerprint density at radius 1 is 1.06 bits per heavy atom. The van der Waals surface area contributed by atoms with Crippen LogP contribution in [0.25, 0.3) is 0 Å². The summed E-state index contributed by atoms with van der Waals surface area (Å²) in [5, 5.41) is 2.96. The summed E-state index contributed by atoms with van der Waals surface area (Å²) in [5.74, 6) is 1.23. The molecule has 3 amide bonds. The van der Waals surface area contributed by atoms with E-state index in [1.54, 1.807) is 17.0 Å². The molecule has 0 unspecified atom stereocenters. The summed E-state index contributed by atoms with van der Waals surface area (Å²) in [6.07, 6.45) is 2.25. The lowest BCUT2D eigenvalue weighted by Crippen LogP contribution is -2.35. The van der Waals surface area contributed by atoms with E-state index in [1.165, 1.54) is 21.3 Å². The number of benzene rings is 2. The van der Waals surface area contributed by atoms with E-state index in [1.807, 2.05) is 29.2 Å². The van der Waals surface area contributed by atoms with Gasteiger partial charge in [-0.15, -0.1) is 0 Å². The number of likely N-dealkylation sites (tertiary alicyclic amines) is 1. The van der Waals surface area contributed by atoms with Crippen molar-refractivity contribution in [1.82, 2.24) is 15.1 Å². The highest BCUT2D eigenvalue weighted by Gasteiger charge is 2.35. The predicted octanol–water partition coefficient (Wildman–Crippen LogP) is 2.93. The molecule has 9 heteroatoms. The lowest BCUT2D eigenvalue weighted by atomic mass is 10.00. The Labute approximate surface area is 211 Å². The predicted molar refractivity (Wildman–Crippen MR) is 133 cm³/mol. The molecule has 4 rings (SSSR count). The van der Waals surface area contributed by atoms with Crippen molar-refractivity contribution < 1.29 is 28.6 Å². The summed E-state index contributed by atoms with van der Waals surface area (Å²) in [4.78, 5) is 41.7. The van der Waals surface area contributed by atoms with Crippen molar-refractivity contribution in [2.24, 2.45) is 0 Å². The minimum absolute atomic E-state index is 0.0704. The molecule has 2 heterocycles. The van der Waals surface area contributed by atoms with E-state index >= 15 is 0 Å². The monoisotopic (exact) mass is 495 g/mol. The number of ether oxygens (including phenoxy) is 3. The molecule has 192 valence electrons.